The number of para-hydroxylation sites is 1. The van der Waals surface area contributed by atoms with Crippen molar-refractivity contribution in [3.8, 4) is 0 Å². The first-order chi connectivity index (χ1) is 9.50. The Morgan fingerprint density at radius 2 is 2.05 bits per heavy atom. The van der Waals surface area contributed by atoms with Crippen LogP contribution in [-0.4, -0.2) is 39.9 Å². The second kappa shape index (κ2) is 5.68. The third-order valence-electron chi connectivity index (χ3n) is 3.39. The highest BCUT2D eigenvalue weighted by Crippen LogP contribution is 2.23. The maximum absolute atomic E-state index is 12.3. The predicted octanol–water partition coefficient (Wildman–Crippen LogP) is 1.53. The van der Waals surface area contributed by atoms with Crippen molar-refractivity contribution in [1.29, 1.82) is 0 Å². The molecule has 1 saturated heterocycles. The number of carboxylic acids is 1. The van der Waals surface area contributed by atoms with E-state index >= 15 is 0 Å². The summed E-state index contributed by atoms with van der Waals surface area (Å²) in [5.74, 6) is -2.02. The molecule has 1 aromatic carbocycles. The lowest BCUT2D eigenvalue weighted by Crippen LogP contribution is -2.42. The van der Waals surface area contributed by atoms with E-state index < -0.39 is 22.7 Å². The third-order valence-corrected chi connectivity index (χ3v) is 3.39. The van der Waals surface area contributed by atoms with Crippen LogP contribution in [0.4, 0.5) is 5.69 Å². The number of nitro groups is 1. The van der Waals surface area contributed by atoms with E-state index in [0.29, 0.717) is 19.4 Å². The molecule has 0 spiro atoms. The van der Waals surface area contributed by atoms with Crippen molar-refractivity contribution < 1.29 is 19.6 Å². The highest BCUT2D eigenvalue weighted by atomic mass is 16.6. The van der Waals surface area contributed by atoms with Gasteiger partial charge < -0.3 is 10.0 Å². The van der Waals surface area contributed by atoms with E-state index in [9.17, 15) is 19.7 Å². The van der Waals surface area contributed by atoms with Crippen LogP contribution in [0.5, 0.6) is 0 Å². The van der Waals surface area contributed by atoms with E-state index in [0.717, 1.165) is 0 Å². The van der Waals surface area contributed by atoms with Crippen LogP contribution < -0.4 is 0 Å². The molecule has 0 aliphatic carbocycles. The molecule has 0 bridgehead atoms. The number of carboxylic acid groups (broad SMARTS) is 1. The molecule has 1 amide bonds. The Balaban J connectivity index is 2.23. The van der Waals surface area contributed by atoms with Crippen molar-refractivity contribution >= 4 is 17.6 Å². The number of nitrogens with zero attached hydrogens (tertiary/aromatic N) is 2. The number of aliphatic carboxylic acids is 1. The molecule has 7 heteroatoms. The fraction of sp³-hybridized carbons (Fsp3) is 0.385. The zero-order valence-corrected chi connectivity index (χ0v) is 10.7. The monoisotopic (exact) mass is 278 g/mol. The molecule has 2 rings (SSSR count). The van der Waals surface area contributed by atoms with Gasteiger partial charge in [0.05, 0.1) is 10.8 Å². The van der Waals surface area contributed by atoms with Crippen molar-refractivity contribution in [3.05, 3.63) is 39.9 Å². The zero-order chi connectivity index (χ0) is 14.7. The Kier molecular flexibility index (Phi) is 3.97. The third kappa shape index (κ3) is 2.76. The van der Waals surface area contributed by atoms with Gasteiger partial charge >= 0.3 is 5.97 Å². The van der Waals surface area contributed by atoms with Gasteiger partial charge in [0.1, 0.15) is 5.56 Å². The SMILES string of the molecule is O=C(O)[C@@H]1CCCN(C(=O)c2ccccc2[N+](=O)[O-])C1. The largest absolute Gasteiger partial charge is 0.481 e. The lowest BCUT2D eigenvalue weighted by Gasteiger charge is -2.30. The fourth-order valence-electron chi connectivity index (χ4n) is 2.35. The second-order valence-corrected chi connectivity index (χ2v) is 4.70. The molecule has 106 valence electrons. The number of carbonyl (C=O) groups excluding carboxylic acids is 1. The van der Waals surface area contributed by atoms with Crippen molar-refractivity contribution in [2.24, 2.45) is 5.92 Å². The molecule has 0 radical (unpaired) electrons. The first kappa shape index (κ1) is 14.0. The van der Waals surface area contributed by atoms with Crippen molar-refractivity contribution in [3.63, 3.8) is 0 Å². The summed E-state index contributed by atoms with van der Waals surface area (Å²) in [6, 6.07) is 5.71. The quantitative estimate of drug-likeness (QED) is 0.667. The van der Waals surface area contributed by atoms with Crippen molar-refractivity contribution in [1.82, 2.24) is 4.90 Å². The Labute approximate surface area is 115 Å². The highest BCUT2D eigenvalue weighted by Gasteiger charge is 2.31. The van der Waals surface area contributed by atoms with E-state index in [2.05, 4.69) is 0 Å². The summed E-state index contributed by atoms with van der Waals surface area (Å²) in [5.41, 5.74) is -0.251. The van der Waals surface area contributed by atoms with E-state index in [4.69, 9.17) is 5.11 Å². The van der Waals surface area contributed by atoms with E-state index in [1.54, 1.807) is 6.07 Å². The van der Waals surface area contributed by atoms with Crippen LogP contribution >= 0.6 is 0 Å². The van der Waals surface area contributed by atoms with E-state index in [-0.39, 0.29) is 17.8 Å². The summed E-state index contributed by atoms with van der Waals surface area (Å²) >= 11 is 0. The van der Waals surface area contributed by atoms with Crippen LogP contribution in [-0.2, 0) is 4.79 Å². The molecule has 1 aliphatic heterocycles. The average molecular weight is 278 g/mol. The molecule has 1 N–H and O–H groups in total. The number of nitro benzene ring substituents is 1. The number of hydrogen-bond donors (Lipinski definition) is 1. The number of carbonyl (C=O) groups is 2. The minimum atomic E-state index is -0.940. The van der Waals surface area contributed by atoms with Gasteiger partial charge in [-0.2, -0.15) is 0 Å². The summed E-state index contributed by atoms with van der Waals surface area (Å²) < 4.78 is 0. The molecular formula is C13H14N2O5. The van der Waals surface area contributed by atoms with Gasteiger partial charge in [0.2, 0.25) is 0 Å². The van der Waals surface area contributed by atoms with Crippen LogP contribution in [0.25, 0.3) is 0 Å². The topological polar surface area (TPSA) is 101 Å². The minimum Gasteiger partial charge on any atom is -0.481 e. The molecule has 0 saturated carbocycles. The highest BCUT2D eigenvalue weighted by molar-refractivity contribution is 5.98. The van der Waals surface area contributed by atoms with Gasteiger partial charge in [-0.05, 0) is 18.9 Å². The number of hydrogen-bond acceptors (Lipinski definition) is 4. The summed E-state index contributed by atoms with van der Waals surface area (Å²) in [5, 5.41) is 19.9. The Morgan fingerprint density at radius 1 is 1.35 bits per heavy atom. The smallest absolute Gasteiger partial charge is 0.308 e. The molecule has 1 fully saturated rings. The standard InChI is InChI=1S/C13H14N2O5/c16-12(10-5-1-2-6-11(10)15(19)20)14-7-3-4-9(8-14)13(17)18/h1-2,5-6,9H,3-4,7-8H2,(H,17,18)/t9-/m1/s1. The van der Waals surface area contributed by atoms with Gasteiger partial charge in [0.15, 0.2) is 0 Å². The van der Waals surface area contributed by atoms with Crippen LogP contribution in [0.3, 0.4) is 0 Å². The molecule has 7 nitrogen and oxygen atoms in total. The van der Waals surface area contributed by atoms with Crippen LogP contribution in [0.2, 0.25) is 0 Å². The number of likely N-dealkylation sites (tertiary alicyclic amines) is 1. The lowest BCUT2D eigenvalue weighted by molar-refractivity contribution is -0.385. The number of rotatable bonds is 3. The van der Waals surface area contributed by atoms with Gasteiger partial charge in [-0.3, -0.25) is 19.7 Å². The first-order valence-electron chi connectivity index (χ1n) is 6.26. The molecule has 1 atom stereocenters. The molecule has 0 aromatic heterocycles. The summed E-state index contributed by atoms with van der Waals surface area (Å²) in [4.78, 5) is 35.0. The van der Waals surface area contributed by atoms with Crippen LogP contribution in [0.1, 0.15) is 23.2 Å². The summed E-state index contributed by atoms with van der Waals surface area (Å²) in [6.45, 7) is 0.523. The first-order valence-corrected chi connectivity index (χ1v) is 6.26. The number of benzene rings is 1. The Bertz CT molecular complexity index is 557. The molecule has 20 heavy (non-hydrogen) atoms. The van der Waals surface area contributed by atoms with E-state index in [1.807, 2.05) is 0 Å². The fourth-order valence-corrected chi connectivity index (χ4v) is 2.35. The van der Waals surface area contributed by atoms with Gasteiger partial charge in [0.25, 0.3) is 11.6 Å². The number of piperidine rings is 1. The second-order valence-electron chi connectivity index (χ2n) is 4.70. The lowest BCUT2D eigenvalue weighted by atomic mass is 9.97. The Hall–Kier alpha value is -2.44. The van der Waals surface area contributed by atoms with Gasteiger partial charge in [-0.15, -0.1) is 0 Å². The molecular weight excluding hydrogens is 264 g/mol. The maximum atomic E-state index is 12.3. The van der Waals surface area contributed by atoms with Gasteiger partial charge in [-0.25, -0.2) is 0 Å². The van der Waals surface area contributed by atoms with Gasteiger partial charge in [0, 0.05) is 19.2 Å². The predicted molar refractivity (Wildman–Crippen MR) is 69.4 cm³/mol. The van der Waals surface area contributed by atoms with E-state index in [1.165, 1.54) is 23.1 Å². The molecule has 1 aliphatic rings. The van der Waals surface area contributed by atoms with Crippen molar-refractivity contribution in [2.75, 3.05) is 13.1 Å². The van der Waals surface area contributed by atoms with Crippen molar-refractivity contribution in [2.45, 2.75) is 12.8 Å². The molecule has 0 unspecified atom stereocenters. The maximum Gasteiger partial charge on any atom is 0.308 e. The van der Waals surface area contributed by atoms with Gasteiger partial charge in [-0.1, -0.05) is 12.1 Å². The average Bonchev–Trinajstić information content (AvgIpc) is 2.46. The minimum absolute atomic E-state index is 0.00328. The Morgan fingerprint density at radius 3 is 2.70 bits per heavy atom. The summed E-state index contributed by atoms with van der Waals surface area (Å²) in [7, 11) is 0. The van der Waals surface area contributed by atoms with Crippen LogP contribution in [0, 0.1) is 16.0 Å². The molecule has 1 aromatic rings. The normalized spacial score (nSPS) is 18.6. The summed E-state index contributed by atoms with van der Waals surface area (Å²) in [6.07, 6.45) is 1.11. The van der Waals surface area contributed by atoms with Crippen LogP contribution in [0.15, 0.2) is 24.3 Å². The zero-order valence-electron chi connectivity index (χ0n) is 10.7. The number of amides is 1. The molecule has 1 heterocycles.